The third kappa shape index (κ3) is 3.29. The molecule has 3 N–H and O–H groups in total. The molecule has 1 aliphatic heterocycles. The zero-order valence-corrected chi connectivity index (χ0v) is 12.6. The van der Waals surface area contributed by atoms with E-state index < -0.39 is 0 Å². The summed E-state index contributed by atoms with van der Waals surface area (Å²) < 4.78 is 0. The summed E-state index contributed by atoms with van der Waals surface area (Å²) in [5, 5.41) is 2.61. The quantitative estimate of drug-likeness (QED) is 0.832. The molecule has 1 saturated heterocycles. The predicted octanol–water partition coefficient (Wildman–Crippen LogP) is 0.143. The first-order valence-corrected chi connectivity index (χ1v) is 7.41. The van der Waals surface area contributed by atoms with Gasteiger partial charge in [0, 0.05) is 43.8 Å². The first-order valence-electron chi connectivity index (χ1n) is 6.59. The van der Waals surface area contributed by atoms with E-state index in [0.29, 0.717) is 30.2 Å². The molecule has 1 fully saturated rings. The Morgan fingerprint density at radius 3 is 2.50 bits per heavy atom. The summed E-state index contributed by atoms with van der Waals surface area (Å²) in [5.41, 5.74) is 6.46. The maximum Gasteiger partial charge on any atom is 0.264 e. The van der Waals surface area contributed by atoms with E-state index in [4.69, 9.17) is 5.73 Å². The Labute approximate surface area is 122 Å². The lowest BCUT2D eigenvalue weighted by atomic mass is 10.2. The van der Waals surface area contributed by atoms with Crippen molar-refractivity contribution < 1.29 is 9.59 Å². The van der Waals surface area contributed by atoms with E-state index >= 15 is 0 Å². The van der Waals surface area contributed by atoms with E-state index in [0.717, 1.165) is 18.0 Å². The highest BCUT2D eigenvalue weighted by Gasteiger charge is 2.24. The van der Waals surface area contributed by atoms with E-state index in [2.05, 4.69) is 10.2 Å². The molecule has 2 rings (SSSR count). The van der Waals surface area contributed by atoms with Crippen molar-refractivity contribution in [1.82, 2.24) is 15.1 Å². The molecule has 1 aromatic heterocycles. The Morgan fingerprint density at radius 1 is 1.35 bits per heavy atom. The van der Waals surface area contributed by atoms with Crippen molar-refractivity contribution >= 4 is 28.8 Å². The smallest absolute Gasteiger partial charge is 0.264 e. The predicted molar refractivity (Wildman–Crippen MR) is 79.9 cm³/mol. The summed E-state index contributed by atoms with van der Waals surface area (Å²) in [4.78, 5) is 29.2. The minimum Gasteiger partial charge on any atom is -0.398 e. The monoisotopic (exact) mass is 296 g/mol. The molecule has 0 aromatic carbocycles. The molecule has 2 heterocycles. The summed E-state index contributed by atoms with van der Waals surface area (Å²) >= 11 is 1.44. The highest BCUT2D eigenvalue weighted by molar-refractivity contribution is 7.14. The maximum atomic E-state index is 12.3. The van der Waals surface area contributed by atoms with Crippen molar-refractivity contribution in [3.63, 3.8) is 0 Å². The van der Waals surface area contributed by atoms with Crippen LogP contribution in [0.1, 0.15) is 14.5 Å². The topological polar surface area (TPSA) is 78.7 Å². The van der Waals surface area contributed by atoms with E-state index in [1.54, 1.807) is 13.1 Å². The lowest BCUT2D eigenvalue weighted by Gasteiger charge is -2.34. The Kier molecular flexibility index (Phi) is 4.61. The number of anilines is 1. The Bertz CT molecular complexity index is 487. The number of nitrogens with zero attached hydrogens (tertiary/aromatic N) is 2. The normalized spacial score (nSPS) is 16.2. The zero-order valence-electron chi connectivity index (χ0n) is 11.8. The standard InChI is InChI=1S/C13H20N4O2S/c1-9-10(14)7-11(20-9)13(19)17-5-3-16(4-6-17)8-12(18)15-2/h7H,3-6,8,14H2,1-2H3,(H,15,18). The van der Waals surface area contributed by atoms with Crippen LogP contribution in [0.25, 0.3) is 0 Å². The van der Waals surface area contributed by atoms with Crippen molar-refractivity contribution in [3.05, 3.63) is 15.8 Å². The van der Waals surface area contributed by atoms with E-state index in [1.165, 1.54) is 11.3 Å². The summed E-state index contributed by atoms with van der Waals surface area (Å²) in [5.74, 6) is 0.0424. The first kappa shape index (κ1) is 14.8. The van der Waals surface area contributed by atoms with Crippen molar-refractivity contribution in [2.45, 2.75) is 6.92 Å². The van der Waals surface area contributed by atoms with Gasteiger partial charge in [0.2, 0.25) is 5.91 Å². The molecule has 0 unspecified atom stereocenters. The van der Waals surface area contributed by atoms with Gasteiger partial charge in [0.15, 0.2) is 0 Å². The number of likely N-dealkylation sites (N-methyl/N-ethyl adjacent to an activating group) is 1. The maximum absolute atomic E-state index is 12.3. The molecule has 20 heavy (non-hydrogen) atoms. The number of nitrogens with one attached hydrogen (secondary N) is 1. The van der Waals surface area contributed by atoms with E-state index in [-0.39, 0.29) is 11.8 Å². The van der Waals surface area contributed by atoms with Crippen LogP contribution in [-0.2, 0) is 4.79 Å². The number of piperazine rings is 1. The highest BCUT2D eigenvalue weighted by atomic mass is 32.1. The molecular formula is C13H20N4O2S. The number of nitrogens with two attached hydrogens (primary N) is 1. The lowest BCUT2D eigenvalue weighted by molar-refractivity contribution is -0.122. The van der Waals surface area contributed by atoms with Crippen LogP contribution in [0.5, 0.6) is 0 Å². The Balaban J connectivity index is 1.90. The van der Waals surface area contributed by atoms with Gasteiger partial charge in [-0.25, -0.2) is 0 Å². The second-order valence-electron chi connectivity index (χ2n) is 4.86. The average Bonchev–Trinajstić information content (AvgIpc) is 2.78. The number of aryl methyl sites for hydroxylation is 1. The number of hydrogen-bond acceptors (Lipinski definition) is 5. The van der Waals surface area contributed by atoms with Gasteiger partial charge in [0.1, 0.15) is 0 Å². The van der Waals surface area contributed by atoms with Gasteiger partial charge < -0.3 is 16.0 Å². The second-order valence-corrected chi connectivity index (χ2v) is 6.12. The van der Waals surface area contributed by atoms with Gasteiger partial charge >= 0.3 is 0 Å². The van der Waals surface area contributed by atoms with Gasteiger partial charge in [-0.05, 0) is 13.0 Å². The Hall–Kier alpha value is -1.60. The minimum atomic E-state index is 0.00596. The fourth-order valence-corrected chi connectivity index (χ4v) is 3.06. The number of nitrogen functional groups attached to an aromatic ring is 1. The van der Waals surface area contributed by atoms with Crippen LogP contribution in [0.2, 0.25) is 0 Å². The molecule has 7 heteroatoms. The summed E-state index contributed by atoms with van der Waals surface area (Å²) in [6.45, 7) is 5.04. The zero-order chi connectivity index (χ0) is 14.7. The van der Waals surface area contributed by atoms with Crippen LogP contribution >= 0.6 is 11.3 Å². The van der Waals surface area contributed by atoms with Crippen LogP contribution < -0.4 is 11.1 Å². The van der Waals surface area contributed by atoms with Gasteiger partial charge in [-0.2, -0.15) is 0 Å². The molecule has 1 aliphatic rings. The number of thiophene rings is 1. The molecule has 6 nitrogen and oxygen atoms in total. The van der Waals surface area contributed by atoms with Crippen LogP contribution in [0, 0.1) is 6.92 Å². The van der Waals surface area contributed by atoms with Crippen molar-refractivity contribution in [1.29, 1.82) is 0 Å². The molecule has 0 aliphatic carbocycles. The number of carbonyl (C=O) groups is 2. The number of amides is 2. The summed E-state index contributed by atoms with van der Waals surface area (Å²) in [6, 6.07) is 1.75. The largest absolute Gasteiger partial charge is 0.398 e. The first-order chi connectivity index (χ1) is 9.51. The Morgan fingerprint density at radius 2 is 2.00 bits per heavy atom. The number of rotatable bonds is 3. The minimum absolute atomic E-state index is 0.00596. The molecule has 2 amide bonds. The molecular weight excluding hydrogens is 276 g/mol. The van der Waals surface area contributed by atoms with E-state index in [9.17, 15) is 9.59 Å². The number of carbonyl (C=O) groups excluding carboxylic acids is 2. The van der Waals surface area contributed by atoms with E-state index in [1.807, 2.05) is 11.8 Å². The fraction of sp³-hybridized carbons (Fsp3) is 0.538. The molecule has 110 valence electrons. The second kappa shape index (κ2) is 6.23. The van der Waals surface area contributed by atoms with Crippen LogP contribution in [0.15, 0.2) is 6.07 Å². The molecule has 0 spiro atoms. The van der Waals surface area contributed by atoms with Crippen molar-refractivity contribution in [2.24, 2.45) is 0 Å². The fourth-order valence-electron chi connectivity index (χ4n) is 2.15. The van der Waals surface area contributed by atoms with Gasteiger partial charge in [-0.1, -0.05) is 0 Å². The van der Waals surface area contributed by atoms with Gasteiger partial charge in [-0.15, -0.1) is 11.3 Å². The molecule has 0 radical (unpaired) electrons. The van der Waals surface area contributed by atoms with Gasteiger partial charge in [-0.3, -0.25) is 14.5 Å². The average molecular weight is 296 g/mol. The SMILES string of the molecule is CNC(=O)CN1CCN(C(=O)c2cc(N)c(C)s2)CC1. The van der Waals surface area contributed by atoms with Crippen molar-refractivity contribution in [2.75, 3.05) is 45.5 Å². The molecule has 1 aromatic rings. The van der Waals surface area contributed by atoms with Crippen LogP contribution in [0.4, 0.5) is 5.69 Å². The van der Waals surface area contributed by atoms with Gasteiger partial charge in [0.25, 0.3) is 5.91 Å². The highest BCUT2D eigenvalue weighted by Crippen LogP contribution is 2.24. The lowest BCUT2D eigenvalue weighted by Crippen LogP contribution is -2.50. The van der Waals surface area contributed by atoms with Crippen molar-refractivity contribution in [3.8, 4) is 0 Å². The third-order valence-corrected chi connectivity index (χ3v) is 4.53. The van der Waals surface area contributed by atoms with Crippen LogP contribution in [0.3, 0.4) is 0 Å². The number of hydrogen-bond donors (Lipinski definition) is 2. The van der Waals surface area contributed by atoms with Crippen LogP contribution in [-0.4, -0.2) is 61.4 Å². The molecule has 0 saturated carbocycles. The van der Waals surface area contributed by atoms with Gasteiger partial charge in [0.05, 0.1) is 11.4 Å². The summed E-state index contributed by atoms with van der Waals surface area (Å²) in [7, 11) is 1.63. The molecule has 0 atom stereocenters. The summed E-state index contributed by atoms with van der Waals surface area (Å²) in [6.07, 6.45) is 0. The third-order valence-electron chi connectivity index (χ3n) is 3.47. The molecule has 0 bridgehead atoms.